The maximum absolute atomic E-state index is 5.75. The lowest BCUT2D eigenvalue weighted by molar-refractivity contribution is 0.302. The van der Waals surface area contributed by atoms with Crippen molar-refractivity contribution in [2.75, 3.05) is 6.61 Å². The van der Waals surface area contributed by atoms with E-state index in [4.69, 9.17) is 4.74 Å². The summed E-state index contributed by atoms with van der Waals surface area (Å²) in [5.41, 5.74) is 0. The molecule has 0 saturated carbocycles. The van der Waals surface area contributed by atoms with E-state index in [2.05, 4.69) is 38.8 Å². The molecule has 1 aromatic carbocycles. The zero-order valence-electron chi connectivity index (χ0n) is 10.3. The van der Waals surface area contributed by atoms with E-state index in [9.17, 15) is 0 Å². The molecule has 0 aliphatic heterocycles. The predicted octanol–water partition coefficient (Wildman–Crippen LogP) is 5.95. The molecule has 0 aliphatic carbocycles. The molecule has 0 spiro atoms. The molecule has 1 nitrogen and oxygen atoms in total. The van der Waals surface area contributed by atoms with Gasteiger partial charge in [0.1, 0.15) is 5.75 Å². The molecule has 0 heterocycles. The fraction of sp³-hybridized carbons (Fsp3) is 0.571. The minimum absolute atomic E-state index is 0.807. The lowest BCUT2D eigenvalue weighted by Crippen LogP contribution is -1.98. The summed E-state index contributed by atoms with van der Waals surface area (Å²) < 4.78 is 7.82. The average molecular weight is 364 g/mol. The molecule has 0 aliphatic rings. The zero-order valence-corrected chi connectivity index (χ0v) is 13.5. The number of ether oxygens (including phenoxy) is 1. The van der Waals surface area contributed by atoms with Gasteiger partial charge >= 0.3 is 0 Å². The van der Waals surface area contributed by atoms with E-state index < -0.39 is 0 Å². The van der Waals surface area contributed by atoms with Crippen molar-refractivity contribution in [1.82, 2.24) is 0 Å². The van der Waals surface area contributed by atoms with Gasteiger partial charge in [-0.2, -0.15) is 0 Å². The van der Waals surface area contributed by atoms with Gasteiger partial charge in [0.2, 0.25) is 0 Å². The molecule has 96 valence electrons. The molecule has 0 N–H and O–H groups in total. The Morgan fingerprint density at radius 3 is 2.47 bits per heavy atom. The first-order valence-corrected chi connectivity index (χ1v) is 7.90. The molecule has 0 radical (unpaired) electrons. The predicted molar refractivity (Wildman–Crippen MR) is 80.7 cm³/mol. The number of benzene rings is 1. The summed E-state index contributed by atoms with van der Waals surface area (Å²) in [5.74, 6) is 0.924. The lowest BCUT2D eigenvalue weighted by Gasteiger charge is -2.08. The normalized spacial score (nSPS) is 10.5. The van der Waals surface area contributed by atoms with E-state index in [1.54, 1.807) is 0 Å². The van der Waals surface area contributed by atoms with Gasteiger partial charge < -0.3 is 4.74 Å². The van der Waals surface area contributed by atoms with E-state index in [1.807, 2.05) is 18.2 Å². The highest BCUT2D eigenvalue weighted by Gasteiger charge is 2.01. The van der Waals surface area contributed by atoms with Gasteiger partial charge in [0.05, 0.1) is 11.1 Å². The minimum Gasteiger partial charge on any atom is -0.492 e. The highest BCUT2D eigenvalue weighted by molar-refractivity contribution is 9.11. The van der Waals surface area contributed by atoms with E-state index in [0.29, 0.717) is 0 Å². The van der Waals surface area contributed by atoms with Gasteiger partial charge in [-0.05, 0) is 40.5 Å². The molecular formula is C14H20Br2O. The number of rotatable bonds is 8. The molecular weight excluding hydrogens is 344 g/mol. The van der Waals surface area contributed by atoms with E-state index in [-0.39, 0.29) is 0 Å². The van der Waals surface area contributed by atoms with Crippen LogP contribution in [-0.4, -0.2) is 6.61 Å². The Labute approximate surface area is 121 Å². The van der Waals surface area contributed by atoms with Crippen LogP contribution in [0.4, 0.5) is 0 Å². The summed E-state index contributed by atoms with van der Waals surface area (Å²) >= 11 is 6.93. The second-order valence-corrected chi connectivity index (χ2v) is 5.96. The first-order valence-electron chi connectivity index (χ1n) is 6.32. The van der Waals surface area contributed by atoms with Crippen LogP contribution in [0.25, 0.3) is 0 Å². The van der Waals surface area contributed by atoms with Crippen LogP contribution in [0.2, 0.25) is 0 Å². The largest absolute Gasteiger partial charge is 0.492 e. The maximum atomic E-state index is 5.75. The van der Waals surface area contributed by atoms with Gasteiger partial charge in [0.25, 0.3) is 0 Å². The molecule has 3 heteroatoms. The van der Waals surface area contributed by atoms with Crippen LogP contribution in [0.1, 0.15) is 45.4 Å². The molecule has 0 aromatic heterocycles. The van der Waals surface area contributed by atoms with Gasteiger partial charge in [-0.1, -0.05) is 55.0 Å². The maximum Gasteiger partial charge on any atom is 0.134 e. The molecule has 17 heavy (non-hydrogen) atoms. The number of hydrogen-bond acceptors (Lipinski definition) is 1. The van der Waals surface area contributed by atoms with Crippen molar-refractivity contribution in [3.05, 3.63) is 27.1 Å². The molecule has 1 rings (SSSR count). The van der Waals surface area contributed by atoms with Crippen LogP contribution in [0.5, 0.6) is 5.75 Å². The molecule has 0 saturated heterocycles. The van der Waals surface area contributed by atoms with Crippen LogP contribution in [-0.2, 0) is 0 Å². The Hall–Kier alpha value is -0.0200. The van der Waals surface area contributed by atoms with Gasteiger partial charge in [-0.3, -0.25) is 0 Å². The Morgan fingerprint density at radius 2 is 1.71 bits per heavy atom. The van der Waals surface area contributed by atoms with Gasteiger partial charge in [0.15, 0.2) is 0 Å². The third-order valence-corrected chi connectivity index (χ3v) is 3.80. The van der Waals surface area contributed by atoms with Crippen LogP contribution in [0.15, 0.2) is 27.1 Å². The minimum atomic E-state index is 0.807. The second-order valence-electron chi connectivity index (χ2n) is 4.19. The van der Waals surface area contributed by atoms with Crippen LogP contribution < -0.4 is 4.74 Å². The summed E-state index contributed by atoms with van der Waals surface area (Å²) in [6, 6.07) is 6.00. The lowest BCUT2D eigenvalue weighted by atomic mass is 10.1. The van der Waals surface area contributed by atoms with Crippen molar-refractivity contribution in [2.45, 2.75) is 45.4 Å². The van der Waals surface area contributed by atoms with Crippen molar-refractivity contribution in [2.24, 2.45) is 0 Å². The molecule has 0 atom stereocenters. The third kappa shape index (κ3) is 6.46. The van der Waals surface area contributed by atoms with Crippen LogP contribution >= 0.6 is 31.9 Å². The SMILES string of the molecule is CCCCCCCCOc1cc(Br)ccc1Br. The van der Waals surface area contributed by atoms with Crippen molar-refractivity contribution in [3.63, 3.8) is 0 Å². The second kappa shape index (κ2) is 8.98. The highest BCUT2D eigenvalue weighted by atomic mass is 79.9. The van der Waals surface area contributed by atoms with Crippen LogP contribution in [0.3, 0.4) is 0 Å². The Balaban J connectivity index is 2.15. The van der Waals surface area contributed by atoms with Crippen molar-refractivity contribution in [1.29, 1.82) is 0 Å². The Bertz CT molecular complexity index is 326. The molecule has 1 aromatic rings. The van der Waals surface area contributed by atoms with E-state index >= 15 is 0 Å². The number of unbranched alkanes of at least 4 members (excludes halogenated alkanes) is 5. The van der Waals surface area contributed by atoms with Gasteiger partial charge in [-0.25, -0.2) is 0 Å². The molecule has 0 unspecified atom stereocenters. The molecule has 0 fully saturated rings. The first-order chi connectivity index (χ1) is 8.24. The van der Waals surface area contributed by atoms with Gasteiger partial charge in [0, 0.05) is 4.47 Å². The topological polar surface area (TPSA) is 9.23 Å². The average Bonchev–Trinajstić information content (AvgIpc) is 2.32. The monoisotopic (exact) mass is 362 g/mol. The summed E-state index contributed by atoms with van der Waals surface area (Å²) in [4.78, 5) is 0. The van der Waals surface area contributed by atoms with E-state index in [1.165, 1.54) is 32.1 Å². The van der Waals surface area contributed by atoms with Crippen LogP contribution in [0, 0.1) is 0 Å². The number of halogens is 2. The van der Waals surface area contributed by atoms with Crippen molar-refractivity contribution < 1.29 is 4.74 Å². The van der Waals surface area contributed by atoms with Crippen molar-refractivity contribution in [3.8, 4) is 5.75 Å². The summed E-state index contributed by atoms with van der Waals surface area (Å²) in [7, 11) is 0. The number of hydrogen-bond donors (Lipinski definition) is 0. The standard InChI is InChI=1S/C14H20Br2O/c1-2-3-4-5-6-7-10-17-14-11-12(15)8-9-13(14)16/h8-9,11H,2-7,10H2,1H3. The zero-order chi connectivity index (χ0) is 12.5. The van der Waals surface area contributed by atoms with Gasteiger partial charge in [-0.15, -0.1) is 0 Å². The smallest absolute Gasteiger partial charge is 0.134 e. The molecule has 0 amide bonds. The summed E-state index contributed by atoms with van der Waals surface area (Å²) in [5, 5.41) is 0. The quantitative estimate of drug-likeness (QED) is 0.518. The summed E-state index contributed by atoms with van der Waals surface area (Å²) in [6.07, 6.45) is 7.77. The third-order valence-electron chi connectivity index (χ3n) is 2.65. The fourth-order valence-electron chi connectivity index (χ4n) is 1.65. The molecule has 0 bridgehead atoms. The fourth-order valence-corrected chi connectivity index (χ4v) is 2.35. The summed E-state index contributed by atoms with van der Waals surface area (Å²) in [6.45, 7) is 3.05. The first kappa shape index (κ1) is 15.0. The highest BCUT2D eigenvalue weighted by Crippen LogP contribution is 2.28. The Kier molecular flexibility index (Phi) is 7.95. The Morgan fingerprint density at radius 1 is 1.00 bits per heavy atom. The van der Waals surface area contributed by atoms with Crippen molar-refractivity contribution >= 4 is 31.9 Å². The van der Waals surface area contributed by atoms with E-state index in [0.717, 1.165) is 27.7 Å².